The molecule has 0 saturated carbocycles. The highest BCUT2D eigenvalue weighted by molar-refractivity contribution is 7.15. The van der Waals surface area contributed by atoms with Crippen LogP contribution in [0.15, 0.2) is 0 Å². The predicted molar refractivity (Wildman–Crippen MR) is 65.5 cm³/mol. The fourth-order valence-corrected chi connectivity index (χ4v) is 2.10. The fourth-order valence-electron chi connectivity index (χ4n) is 1.20. The van der Waals surface area contributed by atoms with E-state index in [1.165, 1.54) is 18.3 Å². The first-order valence-electron chi connectivity index (χ1n) is 5.20. The van der Waals surface area contributed by atoms with E-state index in [2.05, 4.69) is 15.6 Å². The maximum absolute atomic E-state index is 11.4. The molecule has 7 heteroatoms. The van der Waals surface area contributed by atoms with E-state index < -0.39 is 18.0 Å². The molecular formula is C10H15N3O3S. The number of carbonyl (C=O) groups excluding carboxylic acids is 1. The number of nitrogens with zero attached hydrogens (tertiary/aromatic N) is 1. The smallest absolute Gasteiger partial charge is 0.325 e. The van der Waals surface area contributed by atoms with Crippen LogP contribution in [0.1, 0.15) is 24.4 Å². The van der Waals surface area contributed by atoms with Gasteiger partial charge in [-0.3, -0.25) is 10.1 Å². The van der Waals surface area contributed by atoms with Crippen LogP contribution in [0.3, 0.4) is 0 Å². The van der Waals surface area contributed by atoms with E-state index in [1.54, 1.807) is 0 Å². The van der Waals surface area contributed by atoms with E-state index in [9.17, 15) is 9.59 Å². The van der Waals surface area contributed by atoms with Gasteiger partial charge in [-0.2, -0.15) is 0 Å². The molecule has 0 aromatic carbocycles. The van der Waals surface area contributed by atoms with Gasteiger partial charge in [0.1, 0.15) is 6.04 Å². The zero-order valence-electron chi connectivity index (χ0n) is 9.90. The van der Waals surface area contributed by atoms with Gasteiger partial charge in [-0.25, -0.2) is 9.78 Å². The van der Waals surface area contributed by atoms with E-state index in [0.29, 0.717) is 5.13 Å². The SMILES string of the molecule is CCc1nc(NC(=O)NC(C)C(=O)O)sc1C. The number of amides is 2. The molecule has 0 aliphatic heterocycles. The molecule has 3 N–H and O–H groups in total. The summed E-state index contributed by atoms with van der Waals surface area (Å²) in [6.07, 6.45) is 0.803. The molecule has 0 fully saturated rings. The fraction of sp³-hybridized carbons (Fsp3) is 0.500. The number of thiazole rings is 1. The van der Waals surface area contributed by atoms with Gasteiger partial charge < -0.3 is 10.4 Å². The van der Waals surface area contributed by atoms with E-state index in [0.717, 1.165) is 17.0 Å². The average Bonchev–Trinajstić information content (AvgIpc) is 2.58. The Bertz CT molecular complexity index is 430. The summed E-state index contributed by atoms with van der Waals surface area (Å²) < 4.78 is 0. The van der Waals surface area contributed by atoms with E-state index in [1.807, 2.05) is 13.8 Å². The second-order valence-electron chi connectivity index (χ2n) is 3.53. The van der Waals surface area contributed by atoms with Gasteiger partial charge in [-0.05, 0) is 20.3 Å². The molecule has 0 radical (unpaired) electrons. The number of aliphatic carboxylic acids is 1. The molecule has 0 saturated heterocycles. The van der Waals surface area contributed by atoms with Gasteiger partial charge in [0.2, 0.25) is 0 Å². The summed E-state index contributed by atoms with van der Waals surface area (Å²) in [6.45, 7) is 5.31. The summed E-state index contributed by atoms with van der Waals surface area (Å²) in [5, 5.41) is 13.9. The first-order valence-corrected chi connectivity index (χ1v) is 6.02. The van der Waals surface area contributed by atoms with E-state index in [-0.39, 0.29) is 0 Å². The second-order valence-corrected chi connectivity index (χ2v) is 4.74. The van der Waals surface area contributed by atoms with Crippen molar-refractivity contribution in [3.63, 3.8) is 0 Å². The molecule has 1 atom stereocenters. The molecule has 2 amide bonds. The number of carboxylic acid groups (broad SMARTS) is 1. The highest BCUT2D eigenvalue weighted by Gasteiger charge is 2.15. The van der Waals surface area contributed by atoms with Gasteiger partial charge in [0, 0.05) is 4.88 Å². The number of aryl methyl sites for hydroxylation is 2. The number of carbonyl (C=O) groups is 2. The Kier molecular flexibility index (Phi) is 4.45. The zero-order chi connectivity index (χ0) is 13.0. The van der Waals surface area contributed by atoms with Crippen LogP contribution in [0.2, 0.25) is 0 Å². The molecule has 1 unspecified atom stereocenters. The van der Waals surface area contributed by atoms with E-state index in [4.69, 9.17) is 5.11 Å². The Morgan fingerprint density at radius 3 is 2.65 bits per heavy atom. The van der Waals surface area contributed by atoms with Crippen molar-refractivity contribution in [2.45, 2.75) is 33.2 Å². The van der Waals surface area contributed by atoms with Crippen molar-refractivity contribution in [1.82, 2.24) is 10.3 Å². The molecule has 0 aliphatic rings. The van der Waals surface area contributed by atoms with Gasteiger partial charge in [-0.15, -0.1) is 11.3 Å². The van der Waals surface area contributed by atoms with Crippen molar-refractivity contribution < 1.29 is 14.7 Å². The molecule has 0 aliphatic carbocycles. The number of hydrogen-bond acceptors (Lipinski definition) is 4. The largest absolute Gasteiger partial charge is 0.480 e. The first-order chi connectivity index (χ1) is 7.93. The summed E-state index contributed by atoms with van der Waals surface area (Å²) in [7, 11) is 0. The van der Waals surface area contributed by atoms with Crippen molar-refractivity contribution in [3.8, 4) is 0 Å². The van der Waals surface area contributed by atoms with Gasteiger partial charge in [0.25, 0.3) is 0 Å². The molecule has 0 spiro atoms. The lowest BCUT2D eigenvalue weighted by molar-refractivity contribution is -0.138. The van der Waals surface area contributed by atoms with Crippen LogP contribution < -0.4 is 10.6 Å². The topological polar surface area (TPSA) is 91.3 Å². The Labute approximate surface area is 103 Å². The third-order valence-electron chi connectivity index (χ3n) is 2.17. The highest BCUT2D eigenvalue weighted by atomic mass is 32.1. The number of hydrogen-bond donors (Lipinski definition) is 3. The summed E-state index contributed by atoms with van der Waals surface area (Å²) in [5.74, 6) is -1.08. The molecule has 94 valence electrons. The lowest BCUT2D eigenvalue weighted by atomic mass is 10.3. The molecule has 17 heavy (non-hydrogen) atoms. The molecule has 1 heterocycles. The lowest BCUT2D eigenvalue weighted by Crippen LogP contribution is -2.40. The number of urea groups is 1. The summed E-state index contributed by atoms with van der Waals surface area (Å²) in [4.78, 5) is 27.2. The summed E-state index contributed by atoms with van der Waals surface area (Å²) >= 11 is 1.37. The molecule has 0 bridgehead atoms. The Morgan fingerprint density at radius 2 is 2.18 bits per heavy atom. The predicted octanol–water partition coefficient (Wildman–Crippen LogP) is 1.61. The number of aromatic nitrogens is 1. The molecule has 6 nitrogen and oxygen atoms in total. The minimum Gasteiger partial charge on any atom is -0.480 e. The van der Waals surface area contributed by atoms with Crippen molar-refractivity contribution in [2.75, 3.05) is 5.32 Å². The maximum Gasteiger partial charge on any atom is 0.325 e. The Hall–Kier alpha value is -1.63. The van der Waals surface area contributed by atoms with Crippen LogP contribution in [-0.2, 0) is 11.2 Å². The third kappa shape index (κ3) is 3.70. The normalized spacial score (nSPS) is 11.9. The van der Waals surface area contributed by atoms with Crippen molar-refractivity contribution in [1.29, 1.82) is 0 Å². The molecule has 1 aromatic heterocycles. The van der Waals surface area contributed by atoms with Crippen LogP contribution in [0.4, 0.5) is 9.93 Å². The molecule has 1 aromatic rings. The van der Waals surface area contributed by atoms with E-state index >= 15 is 0 Å². The van der Waals surface area contributed by atoms with Crippen LogP contribution in [0, 0.1) is 6.92 Å². The van der Waals surface area contributed by atoms with Crippen LogP contribution in [0.25, 0.3) is 0 Å². The van der Waals surface area contributed by atoms with Crippen LogP contribution in [0.5, 0.6) is 0 Å². The second kappa shape index (κ2) is 5.62. The highest BCUT2D eigenvalue weighted by Crippen LogP contribution is 2.22. The number of nitrogens with one attached hydrogen (secondary N) is 2. The lowest BCUT2D eigenvalue weighted by Gasteiger charge is -2.08. The Morgan fingerprint density at radius 1 is 1.53 bits per heavy atom. The molecular weight excluding hydrogens is 242 g/mol. The number of anilines is 1. The minimum absolute atomic E-state index is 0.481. The minimum atomic E-state index is -1.08. The van der Waals surface area contributed by atoms with Crippen LogP contribution in [-0.4, -0.2) is 28.1 Å². The standard InChI is InChI=1S/C10H15N3O3S/c1-4-7-6(3)17-10(12-7)13-9(16)11-5(2)8(14)15/h5H,4H2,1-3H3,(H,14,15)(H2,11,12,13,16). The molecule has 1 rings (SSSR count). The average molecular weight is 257 g/mol. The third-order valence-corrected chi connectivity index (χ3v) is 3.09. The quantitative estimate of drug-likeness (QED) is 0.764. The summed E-state index contributed by atoms with van der Waals surface area (Å²) in [6, 6.07) is -1.49. The van der Waals surface area contributed by atoms with Crippen molar-refractivity contribution in [3.05, 3.63) is 10.6 Å². The van der Waals surface area contributed by atoms with Crippen molar-refractivity contribution >= 4 is 28.5 Å². The first kappa shape index (κ1) is 13.4. The van der Waals surface area contributed by atoms with Gasteiger partial charge in [0.05, 0.1) is 5.69 Å². The van der Waals surface area contributed by atoms with Gasteiger partial charge in [-0.1, -0.05) is 6.92 Å². The number of carboxylic acids is 1. The van der Waals surface area contributed by atoms with Gasteiger partial charge >= 0.3 is 12.0 Å². The Balaban J connectivity index is 2.59. The summed E-state index contributed by atoms with van der Waals surface area (Å²) in [5.41, 5.74) is 0.941. The zero-order valence-corrected chi connectivity index (χ0v) is 10.7. The monoisotopic (exact) mass is 257 g/mol. The maximum atomic E-state index is 11.4. The van der Waals surface area contributed by atoms with Crippen molar-refractivity contribution in [2.24, 2.45) is 0 Å². The van der Waals surface area contributed by atoms with Gasteiger partial charge in [0.15, 0.2) is 5.13 Å². The van der Waals surface area contributed by atoms with Crippen LogP contribution >= 0.6 is 11.3 Å². The number of rotatable bonds is 4.